The summed E-state index contributed by atoms with van der Waals surface area (Å²) in [4.78, 5) is 39.8. The lowest BCUT2D eigenvalue weighted by Gasteiger charge is -2.03. The largest absolute Gasteiger partial charge is 0.462 e. The predicted octanol–water partition coefficient (Wildman–Crippen LogP) is 1.42. The van der Waals surface area contributed by atoms with E-state index in [0.717, 1.165) is 0 Å². The number of imidazole rings is 1. The predicted molar refractivity (Wildman–Crippen MR) is 72.0 cm³/mol. The molecule has 0 fully saturated rings. The van der Waals surface area contributed by atoms with Crippen LogP contribution in [0.4, 0.5) is 0 Å². The van der Waals surface area contributed by atoms with E-state index in [4.69, 9.17) is 4.74 Å². The number of aromatic amines is 2. The van der Waals surface area contributed by atoms with Gasteiger partial charge >= 0.3 is 11.7 Å². The van der Waals surface area contributed by atoms with Crippen molar-refractivity contribution in [2.24, 2.45) is 0 Å². The number of carbonyl (C=O) groups is 2. The van der Waals surface area contributed by atoms with Crippen LogP contribution in [-0.2, 0) is 4.74 Å². The summed E-state index contributed by atoms with van der Waals surface area (Å²) < 4.78 is 4.86. The third kappa shape index (κ3) is 2.69. The number of ether oxygens (including phenoxy) is 1. The van der Waals surface area contributed by atoms with E-state index in [0.29, 0.717) is 23.4 Å². The summed E-state index contributed by atoms with van der Waals surface area (Å²) in [5.41, 5.74) is 1.04. The number of benzene rings is 1. The average molecular weight is 274 g/mol. The number of esters is 1. The van der Waals surface area contributed by atoms with E-state index in [1.807, 2.05) is 0 Å². The van der Waals surface area contributed by atoms with Crippen molar-refractivity contribution in [1.82, 2.24) is 9.97 Å². The van der Waals surface area contributed by atoms with E-state index >= 15 is 0 Å². The van der Waals surface area contributed by atoms with Crippen molar-refractivity contribution in [3.8, 4) is 0 Å². The Kier molecular flexibility index (Phi) is 3.84. The van der Waals surface area contributed by atoms with Gasteiger partial charge in [0, 0.05) is 11.3 Å². The monoisotopic (exact) mass is 274 g/mol. The molecule has 0 spiro atoms. The Balaban J connectivity index is 2.26. The Hall–Kier alpha value is -2.63. The van der Waals surface area contributed by atoms with Gasteiger partial charge in [-0.3, -0.25) is 4.79 Å². The Morgan fingerprint density at radius 3 is 2.20 bits per heavy atom. The second-order valence-corrected chi connectivity index (χ2v) is 4.21. The maximum absolute atomic E-state index is 12.2. The van der Waals surface area contributed by atoms with Gasteiger partial charge in [-0.15, -0.1) is 0 Å². The summed E-state index contributed by atoms with van der Waals surface area (Å²) in [5.74, 6) is -0.742. The van der Waals surface area contributed by atoms with E-state index in [9.17, 15) is 14.4 Å². The van der Waals surface area contributed by atoms with E-state index in [-0.39, 0.29) is 11.5 Å². The quantitative estimate of drug-likeness (QED) is 0.651. The molecule has 0 unspecified atom stereocenters. The topological polar surface area (TPSA) is 92.0 Å². The fourth-order valence-corrected chi connectivity index (χ4v) is 1.81. The number of rotatable bonds is 4. The smallest absolute Gasteiger partial charge is 0.338 e. The van der Waals surface area contributed by atoms with Crippen molar-refractivity contribution in [3.63, 3.8) is 0 Å². The van der Waals surface area contributed by atoms with Crippen molar-refractivity contribution in [2.45, 2.75) is 13.8 Å². The molecule has 0 aliphatic heterocycles. The van der Waals surface area contributed by atoms with Crippen LogP contribution in [0.3, 0.4) is 0 Å². The lowest BCUT2D eigenvalue weighted by molar-refractivity contribution is 0.0526. The van der Waals surface area contributed by atoms with Crippen LogP contribution in [0.5, 0.6) is 0 Å². The Bertz CT molecular complexity index is 695. The van der Waals surface area contributed by atoms with Crippen LogP contribution in [0.25, 0.3) is 0 Å². The third-order valence-electron chi connectivity index (χ3n) is 2.80. The van der Waals surface area contributed by atoms with Crippen LogP contribution in [-0.4, -0.2) is 28.3 Å². The Labute approximate surface area is 114 Å². The molecule has 1 aromatic carbocycles. The molecule has 0 saturated heterocycles. The molecule has 0 radical (unpaired) electrons. The van der Waals surface area contributed by atoms with Gasteiger partial charge in [-0.25, -0.2) is 9.59 Å². The maximum Gasteiger partial charge on any atom is 0.338 e. The molecule has 0 atom stereocenters. The number of hydrogen-bond acceptors (Lipinski definition) is 4. The minimum absolute atomic E-state index is 0.221. The molecule has 0 amide bonds. The van der Waals surface area contributed by atoms with Gasteiger partial charge in [-0.05, 0) is 26.0 Å². The fraction of sp³-hybridized carbons (Fsp3) is 0.214. The summed E-state index contributed by atoms with van der Waals surface area (Å²) in [7, 11) is 0. The normalized spacial score (nSPS) is 10.3. The van der Waals surface area contributed by atoms with Crippen molar-refractivity contribution >= 4 is 11.8 Å². The third-order valence-corrected chi connectivity index (χ3v) is 2.80. The lowest BCUT2D eigenvalue weighted by atomic mass is 10.1. The molecular weight excluding hydrogens is 260 g/mol. The number of aryl methyl sites for hydroxylation is 1. The number of H-pyrrole nitrogens is 2. The second kappa shape index (κ2) is 5.56. The molecule has 2 aromatic rings. The maximum atomic E-state index is 12.2. The molecule has 1 heterocycles. The highest BCUT2D eigenvalue weighted by Crippen LogP contribution is 2.11. The first-order chi connectivity index (χ1) is 9.52. The average Bonchev–Trinajstić information content (AvgIpc) is 2.77. The number of carbonyl (C=O) groups excluding carboxylic acids is 2. The number of nitrogens with one attached hydrogen (secondary N) is 2. The molecule has 2 rings (SSSR count). The highest BCUT2D eigenvalue weighted by atomic mass is 16.5. The second-order valence-electron chi connectivity index (χ2n) is 4.21. The summed E-state index contributed by atoms with van der Waals surface area (Å²) in [6.45, 7) is 3.65. The van der Waals surface area contributed by atoms with Crippen LogP contribution in [0.2, 0.25) is 0 Å². The van der Waals surface area contributed by atoms with Gasteiger partial charge in [0.2, 0.25) is 5.78 Å². The summed E-state index contributed by atoms with van der Waals surface area (Å²) in [6, 6.07) is 6.09. The van der Waals surface area contributed by atoms with Gasteiger partial charge in [0.25, 0.3) is 0 Å². The molecule has 0 aliphatic carbocycles. The van der Waals surface area contributed by atoms with E-state index in [1.54, 1.807) is 13.8 Å². The summed E-state index contributed by atoms with van der Waals surface area (Å²) in [5, 5.41) is 0. The van der Waals surface area contributed by atoms with Gasteiger partial charge in [-0.2, -0.15) is 0 Å². The van der Waals surface area contributed by atoms with Gasteiger partial charge < -0.3 is 14.7 Å². The Morgan fingerprint density at radius 2 is 1.70 bits per heavy atom. The first-order valence-electron chi connectivity index (χ1n) is 6.13. The van der Waals surface area contributed by atoms with Crippen molar-refractivity contribution in [1.29, 1.82) is 0 Å². The number of ketones is 1. The fourth-order valence-electron chi connectivity index (χ4n) is 1.81. The van der Waals surface area contributed by atoms with Crippen LogP contribution in [0.15, 0.2) is 29.1 Å². The van der Waals surface area contributed by atoms with Gasteiger partial charge in [0.1, 0.15) is 5.69 Å². The molecule has 1 aromatic heterocycles. The molecule has 0 aliphatic rings. The van der Waals surface area contributed by atoms with Crippen LogP contribution in [0.1, 0.15) is 39.0 Å². The standard InChI is InChI=1S/C14H14N2O4/c1-3-20-13(18)10-6-4-9(5-7-10)12(17)11-8(2)15-14(19)16-11/h4-7H,3H2,1-2H3,(H2,15,16,19). The highest BCUT2D eigenvalue weighted by molar-refractivity contribution is 6.08. The molecule has 104 valence electrons. The van der Waals surface area contributed by atoms with Crippen LogP contribution in [0, 0.1) is 6.92 Å². The van der Waals surface area contributed by atoms with Gasteiger partial charge in [0.15, 0.2) is 0 Å². The van der Waals surface area contributed by atoms with Gasteiger partial charge in [-0.1, -0.05) is 12.1 Å². The van der Waals surface area contributed by atoms with Crippen molar-refractivity contribution in [3.05, 3.63) is 57.3 Å². The van der Waals surface area contributed by atoms with E-state index < -0.39 is 11.7 Å². The minimum atomic E-state index is -0.433. The number of aromatic nitrogens is 2. The zero-order chi connectivity index (χ0) is 14.7. The lowest BCUT2D eigenvalue weighted by Crippen LogP contribution is -2.08. The summed E-state index contributed by atoms with van der Waals surface area (Å²) in [6.07, 6.45) is 0. The summed E-state index contributed by atoms with van der Waals surface area (Å²) >= 11 is 0. The van der Waals surface area contributed by atoms with E-state index in [2.05, 4.69) is 9.97 Å². The van der Waals surface area contributed by atoms with Crippen molar-refractivity contribution < 1.29 is 14.3 Å². The first kappa shape index (κ1) is 13.8. The highest BCUT2D eigenvalue weighted by Gasteiger charge is 2.15. The SMILES string of the molecule is CCOC(=O)c1ccc(C(=O)c2[nH]c(=O)[nH]c2C)cc1. The molecule has 6 nitrogen and oxygen atoms in total. The van der Waals surface area contributed by atoms with Gasteiger partial charge in [0.05, 0.1) is 12.2 Å². The zero-order valence-corrected chi connectivity index (χ0v) is 11.1. The Morgan fingerprint density at radius 1 is 1.10 bits per heavy atom. The first-order valence-corrected chi connectivity index (χ1v) is 6.13. The van der Waals surface area contributed by atoms with Crippen LogP contribution >= 0.6 is 0 Å². The molecular formula is C14H14N2O4. The number of hydrogen-bond donors (Lipinski definition) is 2. The molecule has 0 saturated carbocycles. The minimum Gasteiger partial charge on any atom is -0.462 e. The molecule has 6 heteroatoms. The zero-order valence-electron chi connectivity index (χ0n) is 11.1. The molecule has 2 N–H and O–H groups in total. The molecule has 20 heavy (non-hydrogen) atoms. The van der Waals surface area contributed by atoms with E-state index in [1.165, 1.54) is 24.3 Å². The van der Waals surface area contributed by atoms with Crippen LogP contribution < -0.4 is 5.69 Å². The van der Waals surface area contributed by atoms with Crippen molar-refractivity contribution in [2.75, 3.05) is 6.61 Å². The molecule has 0 bridgehead atoms.